The van der Waals surface area contributed by atoms with E-state index in [1.54, 1.807) is 18.2 Å². The summed E-state index contributed by atoms with van der Waals surface area (Å²) in [5, 5.41) is 12.6. The number of allylic oxidation sites excluding steroid dienone is 1. The first-order valence-electron chi connectivity index (χ1n) is 13.8. The van der Waals surface area contributed by atoms with E-state index in [9.17, 15) is 4.79 Å². The average molecular weight is 558 g/mol. The Hall–Kier alpha value is -3.65. The molecule has 208 valence electrons. The number of piperazine rings is 1. The summed E-state index contributed by atoms with van der Waals surface area (Å²) >= 11 is 6.44. The fourth-order valence-corrected chi connectivity index (χ4v) is 5.54. The maximum atomic E-state index is 13.3. The van der Waals surface area contributed by atoms with Crippen molar-refractivity contribution in [3.63, 3.8) is 0 Å². The molecule has 3 aromatic carbocycles. The number of carbonyl (C=O) groups is 1. The molecule has 1 amide bonds. The number of halogens is 1. The molecule has 1 atom stereocenters. The highest BCUT2D eigenvalue weighted by molar-refractivity contribution is 6.31. The molecule has 5 rings (SSSR count). The van der Waals surface area contributed by atoms with E-state index >= 15 is 0 Å². The Labute approximate surface area is 241 Å². The van der Waals surface area contributed by atoms with Gasteiger partial charge in [0.1, 0.15) is 0 Å². The molecular weight excluding hydrogens is 522 g/mol. The molecule has 3 aromatic rings. The Balaban J connectivity index is 1.27. The number of nitrogens with zero attached hydrogens (tertiary/aromatic N) is 2. The predicted octanol–water partition coefficient (Wildman–Crippen LogP) is 5.30. The maximum absolute atomic E-state index is 13.3. The van der Waals surface area contributed by atoms with Crippen LogP contribution in [0.4, 0.5) is 11.4 Å². The van der Waals surface area contributed by atoms with Gasteiger partial charge in [-0.15, -0.1) is 6.58 Å². The van der Waals surface area contributed by atoms with Crippen LogP contribution in [-0.4, -0.2) is 62.0 Å². The van der Waals surface area contributed by atoms with E-state index < -0.39 is 0 Å². The van der Waals surface area contributed by atoms with Gasteiger partial charge in [-0.25, -0.2) is 0 Å². The SMILES string of the molecule is C=CCCC(NC(=O)c1ccc(N)c(C(=N)c2ccc(N3CCN(C4COC4)CC3)cc2)c1)c1ccccc1Cl. The van der Waals surface area contributed by atoms with E-state index in [1.165, 1.54) is 0 Å². The zero-order valence-corrected chi connectivity index (χ0v) is 23.4. The molecule has 2 saturated heterocycles. The van der Waals surface area contributed by atoms with E-state index in [2.05, 4.69) is 33.8 Å². The van der Waals surface area contributed by atoms with Gasteiger partial charge in [0.25, 0.3) is 5.91 Å². The highest BCUT2D eigenvalue weighted by Crippen LogP contribution is 2.28. The number of hydrogen-bond donors (Lipinski definition) is 3. The lowest BCUT2D eigenvalue weighted by Gasteiger charge is -2.43. The number of anilines is 2. The van der Waals surface area contributed by atoms with Gasteiger partial charge in [-0.3, -0.25) is 15.1 Å². The number of carbonyl (C=O) groups excluding carboxylic acids is 1. The Morgan fingerprint density at radius 1 is 1.07 bits per heavy atom. The number of hydrogen-bond acceptors (Lipinski definition) is 6. The molecule has 7 nitrogen and oxygen atoms in total. The molecular formula is C32H36ClN5O2. The Morgan fingerprint density at radius 2 is 1.77 bits per heavy atom. The van der Waals surface area contributed by atoms with Crippen LogP contribution >= 0.6 is 11.6 Å². The van der Waals surface area contributed by atoms with Gasteiger partial charge in [-0.2, -0.15) is 0 Å². The number of rotatable bonds is 10. The van der Waals surface area contributed by atoms with Gasteiger partial charge < -0.3 is 20.7 Å². The highest BCUT2D eigenvalue weighted by atomic mass is 35.5. The Morgan fingerprint density at radius 3 is 2.42 bits per heavy atom. The number of amides is 1. The van der Waals surface area contributed by atoms with Gasteiger partial charge in [-0.1, -0.05) is 48.0 Å². The van der Waals surface area contributed by atoms with E-state index in [1.807, 2.05) is 42.5 Å². The van der Waals surface area contributed by atoms with Crippen molar-refractivity contribution in [2.45, 2.75) is 24.9 Å². The van der Waals surface area contributed by atoms with Gasteiger partial charge in [0.15, 0.2) is 0 Å². The van der Waals surface area contributed by atoms with Crippen molar-refractivity contribution in [2.75, 3.05) is 50.0 Å². The van der Waals surface area contributed by atoms with Crippen LogP contribution in [-0.2, 0) is 4.74 Å². The van der Waals surface area contributed by atoms with Gasteiger partial charge in [-0.05, 0) is 54.8 Å². The first-order chi connectivity index (χ1) is 19.4. The molecule has 0 spiro atoms. The minimum atomic E-state index is -0.267. The lowest BCUT2D eigenvalue weighted by Crippen LogP contribution is -2.56. The van der Waals surface area contributed by atoms with Crippen LogP contribution in [0.15, 0.2) is 79.4 Å². The number of nitrogens with two attached hydrogens (primary N) is 1. The molecule has 8 heteroatoms. The van der Waals surface area contributed by atoms with Crippen molar-refractivity contribution in [1.29, 1.82) is 5.41 Å². The second kappa shape index (κ2) is 12.7. The van der Waals surface area contributed by atoms with Crippen LogP contribution in [0.5, 0.6) is 0 Å². The minimum absolute atomic E-state index is 0.244. The highest BCUT2D eigenvalue weighted by Gasteiger charge is 2.29. The summed E-state index contributed by atoms with van der Waals surface area (Å²) in [6.07, 6.45) is 3.23. The number of nitrogens with one attached hydrogen (secondary N) is 2. The summed E-state index contributed by atoms with van der Waals surface area (Å²) < 4.78 is 5.34. The van der Waals surface area contributed by atoms with Crippen molar-refractivity contribution in [3.05, 3.63) is 107 Å². The summed E-state index contributed by atoms with van der Waals surface area (Å²) in [6, 6.07) is 20.9. The summed E-state index contributed by atoms with van der Waals surface area (Å²) in [6.45, 7) is 9.51. The van der Waals surface area contributed by atoms with Crippen LogP contribution in [0.3, 0.4) is 0 Å². The molecule has 0 aliphatic carbocycles. The fourth-order valence-electron chi connectivity index (χ4n) is 5.28. The first kappa shape index (κ1) is 27.9. The van der Waals surface area contributed by atoms with Gasteiger partial charge in [0.05, 0.1) is 31.0 Å². The van der Waals surface area contributed by atoms with Crippen molar-refractivity contribution >= 4 is 34.6 Å². The molecule has 0 bridgehead atoms. The molecule has 2 fully saturated rings. The molecule has 2 heterocycles. The minimum Gasteiger partial charge on any atom is -0.398 e. The van der Waals surface area contributed by atoms with Crippen LogP contribution in [0, 0.1) is 5.41 Å². The third kappa shape index (κ3) is 6.22. The summed E-state index contributed by atoms with van der Waals surface area (Å²) in [5.41, 5.74) is 10.7. The van der Waals surface area contributed by atoms with Crippen LogP contribution < -0.4 is 16.0 Å². The molecule has 2 aliphatic rings. The summed E-state index contributed by atoms with van der Waals surface area (Å²) in [7, 11) is 0. The number of benzene rings is 3. The zero-order valence-electron chi connectivity index (χ0n) is 22.6. The molecule has 1 unspecified atom stereocenters. The first-order valence-corrected chi connectivity index (χ1v) is 14.1. The predicted molar refractivity (Wildman–Crippen MR) is 163 cm³/mol. The van der Waals surface area contributed by atoms with Crippen LogP contribution in [0.25, 0.3) is 0 Å². The zero-order chi connectivity index (χ0) is 28.1. The van der Waals surface area contributed by atoms with Gasteiger partial charge >= 0.3 is 0 Å². The third-order valence-electron chi connectivity index (χ3n) is 7.80. The lowest BCUT2D eigenvalue weighted by molar-refractivity contribution is -0.0660. The maximum Gasteiger partial charge on any atom is 0.251 e. The number of ether oxygens (including phenoxy) is 1. The largest absolute Gasteiger partial charge is 0.398 e. The van der Waals surface area contributed by atoms with E-state index in [0.29, 0.717) is 34.3 Å². The molecule has 0 saturated carbocycles. The standard InChI is InChI=1S/C32H36ClN5O2/c1-2-3-8-30(26-6-4-5-7-28(26)33)36-32(39)23-11-14-29(34)27(19-23)31(35)22-9-12-24(13-10-22)37-15-17-38(18-16-37)25-20-40-21-25/h2,4-7,9-14,19,25,30,35H,1,3,8,15-18,20-21,34H2,(H,36,39). The monoisotopic (exact) mass is 557 g/mol. The molecule has 0 aromatic heterocycles. The van der Waals surface area contributed by atoms with Crippen molar-refractivity contribution in [2.24, 2.45) is 0 Å². The molecule has 0 radical (unpaired) electrons. The second-order valence-corrected chi connectivity index (χ2v) is 10.8. The lowest BCUT2D eigenvalue weighted by atomic mass is 9.97. The van der Waals surface area contributed by atoms with Crippen LogP contribution in [0.2, 0.25) is 5.02 Å². The smallest absolute Gasteiger partial charge is 0.251 e. The van der Waals surface area contributed by atoms with Gasteiger partial charge in [0.2, 0.25) is 0 Å². The fraction of sp³-hybridized carbons (Fsp3) is 0.312. The second-order valence-electron chi connectivity index (χ2n) is 10.4. The summed E-state index contributed by atoms with van der Waals surface area (Å²) in [5.74, 6) is -0.244. The normalized spacial score (nSPS) is 16.7. The van der Waals surface area contributed by atoms with Gasteiger partial charge in [0, 0.05) is 59.3 Å². The number of nitrogen functional groups attached to an aromatic ring is 1. The molecule has 40 heavy (non-hydrogen) atoms. The average Bonchev–Trinajstić information content (AvgIpc) is 2.95. The molecule has 2 aliphatic heterocycles. The Kier molecular flexibility index (Phi) is 8.85. The van der Waals surface area contributed by atoms with Crippen molar-refractivity contribution in [3.8, 4) is 0 Å². The van der Waals surface area contributed by atoms with Crippen LogP contribution in [0.1, 0.15) is 45.9 Å². The van der Waals surface area contributed by atoms with E-state index in [0.717, 1.165) is 62.6 Å². The topological polar surface area (TPSA) is 94.7 Å². The Bertz CT molecular complexity index is 1360. The quantitative estimate of drug-likeness (QED) is 0.179. The van der Waals surface area contributed by atoms with E-state index in [-0.39, 0.29) is 17.7 Å². The molecule has 4 N–H and O–H groups in total. The third-order valence-corrected chi connectivity index (χ3v) is 8.15. The van der Waals surface area contributed by atoms with Crippen molar-refractivity contribution in [1.82, 2.24) is 10.2 Å². The van der Waals surface area contributed by atoms with E-state index in [4.69, 9.17) is 27.5 Å². The summed E-state index contributed by atoms with van der Waals surface area (Å²) in [4.78, 5) is 18.2. The van der Waals surface area contributed by atoms with Crippen molar-refractivity contribution < 1.29 is 9.53 Å².